The summed E-state index contributed by atoms with van der Waals surface area (Å²) in [4.78, 5) is 8.36. The van der Waals surface area contributed by atoms with E-state index in [0.29, 0.717) is 0 Å². The van der Waals surface area contributed by atoms with E-state index in [4.69, 9.17) is 9.90 Å². The van der Waals surface area contributed by atoms with E-state index in [1.165, 1.54) is 5.06 Å². The van der Waals surface area contributed by atoms with Crippen LogP contribution in [0, 0.1) is 0 Å². The van der Waals surface area contributed by atoms with E-state index >= 15 is 0 Å². The normalized spacial score (nSPS) is 24.7. The Morgan fingerprint density at radius 2 is 1.38 bits per heavy atom. The number of nitrogens with zero attached hydrogens (tertiary/aromatic N) is 1. The molecule has 0 saturated carbocycles. The van der Waals surface area contributed by atoms with Crippen molar-refractivity contribution in [3.05, 3.63) is 0 Å². The Labute approximate surface area is 79.1 Å². The predicted octanol–water partition coefficient (Wildman–Crippen LogP) is 1.73. The standard InChI is InChI=1S/C8H17NO.CH2O2/c1-7(2)5-6-8(3,4)9(7)10;2-1-3/h10H,5-6H2,1-4H3;1H,(H,2,3). The molecular formula is C9H19NO3. The lowest BCUT2D eigenvalue weighted by Gasteiger charge is -2.34. The molecule has 4 nitrogen and oxygen atoms in total. The van der Waals surface area contributed by atoms with Crippen LogP contribution < -0.4 is 0 Å². The summed E-state index contributed by atoms with van der Waals surface area (Å²) in [6.45, 7) is 8.03. The molecule has 1 fully saturated rings. The number of hydrogen-bond acceptors (Lipinski definition) is 3. The Morgan fingerprint density at radius 1 is 1.15 bits per heavy atom. The van der Waals surface area contributed by atoms with Gasteiger partial charge in [-0.2, -0.15) is 5.06 Å². The molecule has 0 aromatic heterocycles. The molecule has 4 heteroatoms. The predicted molar refractivity (Wildman–Crippen MR) is 49.7 cm³/mol. The van der Waals surface area contributed by atoms with Crippen molar-refractivity contribution in [2.24, 2.45) is 0 Å². The molecule has 0 atom stereocenters. The first-order chi connectivity index (χ1) is 5.78. The molecule has 78 valence electrons. The van der Waals surface area contributed by atoms with Crippen LogP contribution in [0.3, 0.4) is 0 Å². The number of carbonyl (C=O) groups is 1. The summed E-state index contributed by atoms with van der Waals surface area (Å²) < 4.78 is 0. The maximum absolute atomic E-state index is 9.62. The average Bonchev–Trinajstić information content (AvgIpc) is 2.17. The summed E-state index contributed by atoms with van der Waals surface area (Å²) in [6.07, 6.45) is 2.16. The van der Waals surface area contributed by atoms with Gasteiger partial charge in [0.1, 0.15) is 0 Å². The maximum Gasteiger partial charge on any atom is 0.290 e. The minimum absolute atomic E-state index is 0.0243. The highest BCUT2D eigenvalue weighted by molar-refractivity contribution is 5.32. The van der Waals surface area contributed by atoms with Crippen LogP contribution in [0.1, 0.15) is 40.5 Å². The monoisotopic (exact) mass is 189 g/mol. The SMILES string of the molecule is CC1(C)CCC(C)(C)N1O.O=CO. The molecular weight excluding hydrogens is 170 g/mol. The summed E-state index contributed by atoms with van der Waals surface area (Å²) in [7, 11) is 0. The summed E-state index contributed by atoms with van der Waals surface area (Å²) in [6, 6.07) is 0. The summed E-state index contributed by atoms with van der Waals surface area (Å²) >= 11 is 0. The summed E-state index contributed by atoms with van der Waals surface area (Å²) in [5.74, 6) is 0. The van der Waals surface area contributed by atoms with Crippen molar-refractivity contribution in [1.29, 1.82) is 0 Å². The van der Waals surface area contributed by atoms with Gasteiger partial charge in [-0.15, -0.1) is 0 Å². The van der Waals surface area contributed by atoms with E-state index in [0.717, 1.165) is 12.8 Å². The lowest BCUT2D eigenvalue weighted by atomic mass is 10.0. The molecule has 0 unspecified atom stereocenters. The molecule has 0 aromatic carbocycles. The minimum atomic E-state index is -0.250. The fourth-order valence-corrected chi connectivity index (χ4v) is 1.64. The first-order valence-corrected chi connectivity index (χ1v) is 4.35. The van der Waals surface area contributed by atoms with Crippen LogP contribution >= 0.6 is 0 Å². The maximum atomic E-state index is 9.62. The molecule has 0 amide bonds. The minimum Gasteiger partial charge on any atom is -0.483 e. The first kappa shape index (κ1) is 12.4. The second kappa shape index (κ2) is 4.07. The molecule has 0 aliphatic carbocycles. The molecule has 1 rings (SSSR count). The fraction of sp³-hybridized carbons (Fsp3) is 0.889. The van der Waals surface area contributed by atoms with Crippen LogP contribution in [0.15, 0.2) is 0 Å². The van der Waals surface area contributed by atoms with Crippen LogP contribution in [-0.2, 0) is 4.79 Å². The topological polar surface area (TPSA) is 60.8 Å². The molecule has 1 aliphatic heterocycles. The van der Waals surface area contributed by atoms with Gasteiger partial charge in [-0.3, -0.25) is 4.79 Å². The smallest absolute Gasteiger partial charge is 0.290 e. The van der Waals surface area contributed by atoms with Gasteiger partial charge in [0.15, 0.2) is 0 Å². The van der Waals surface area contributed by atoms with Crippen molar-refractivity contribution in [1.82, 2.24) is 5.06 Å². The van der Waals surface area contributed by atoms with Gasteiger partial charge in [0.25, 0.3) is 6.47 Å². The van der Waals surface area contributed by atoms with Crippen molar-refractivity contribution < 1.29 is 15.1 Å². The molecule has 1 heterocycles. The molecule has 1 saturated heterocycles. The molecule has 0 aromatic rings. The van der Waals surface area contributed by atoms with Crippen LogP contribution in [0.25, 0.3) is 0 Å². The van der Waals surface area contributed by atoms with Crippen molar-refractivity contribution in [3.8, 4) is 0 Å². The Bertz CT molecular complexity index is 162. The van der Waals surface area contributed by atoms with Gasteiger partial charge in [-0.05, 0) is 40.5 Å². The van der Waals surface area contributed by atoms with Crippen molar-refractivity contribution >= 4 is 6.47 Å². The first-order valence-electron chi connectivity index (χ1n) is 4.35. The Morgan fingerprint density at radius 3 is 1.46 bits per heavy atom. The zero-order valence-corrected chi connectivity index (χ0v) is 8.74. The third-order valence-corrected chi connectivity index (χ3v) is 2.50. The van der Waals surface area contributed by atoms with E-state index in [2.05, 4.69) is 27.7 Å². The number of hydrogen-bond donors (Lipinski definition) is 2. The van der Waals surface area contributed by atoms with Crippen LogP contribution in [-0.4, -0.2) is 32.9 Å². The van der Waals surface area contributed by atoms with Crippen LogP contribution in [0.4, 0.5) is 0 Å². The quantitative estimate of drug-likeness (QED) is 0.570. The zero-order chi connectivity index (χ0) is 10.7. The van der Waals surface area contributed by atoms with Crippen molar-refractivity contribution in [2.45, 2.75) is 51.6 Å². The van der Waals surface area contributed by atoms with Gasteiger partial charge in [0.05, 0.1) is 0 Å². The third-order valence-electron chi connectivity index (χ3n) is 2.50. The number of carboxylic acid groups (broad SMARTS) is 1. The van der Waals surface area contributed by atoms with Gasteiger partial charge in [0.2, 0.25) is 0 Å². The van der Waals surface area contributed by atoms with E-state index in [1.807, 2.05) is 0 Å². The second-order valence-electron chi connectivity index (χ2n) is 4.54. The Kier molecular flexibility index (Phi) is 3.88. The van der Waals surface area contributed by atoms with E-state index in [9.17, 15) is 5.21 Å². The van der Waals surface area contributed by atoms with Crippen molar-refractivity contribution in [3.63, 3.8) is 0 Å². The highest BCUT2D eigenvalue weighted by atomic mass is 16.5. The van der Waals surface area contributed by atoms with Crippen LogP contribution in [0.5, 0.6) is 0 Å². The van der Waals surface area contributed by atoms with E-state index in [1.54, 1.807) is 0 Å². The molecule has 0 radical (unpaired) electrons. The highest BCUT2D eigenvalue weighted by Gasteiger charge is 2.43. The lowest BCUT2D eigenvalue weighted by Crippen LogP contribution is -2.45. The number of hydroxylamine groups is 2. The van der Waals surface area contributed by atoms with Crippen molar-refractivity contribution in [2.75, 3.05) is 0 Å². The Balaban J connectivity index is 0.000000424. The molecule has 13 heavy (non-hydrogen) atoms. The summed E-state index contributed by atoms with van der Waals surface area (Å²) in [5, 5.41) is 18.0. The summed E-state index contributed by atoms with van der Waals surface area (Å²) in [5.41, 5.74) is -0.0486. The van der Waals surface area contributed by atoms with Gasteiger partial charge in [-0.25, -0.2) is 0 Å². The van der Waals surface area contributed by atoms with E-state index in [-0.39, 0.29) is 17.6 Å². The fourth-order valence-electron chi connectivity index (χ4n) is 1.64. The molecule has 0 bridgehead atoms. The van der Waals surface area contributed by atoms with Gasteiger partial charge >= 0.3 is 0 Å². The lowest BCUT2D eigenvalue weighted by molar-refractivity contribution is -0.191. The largest absolute Gasteiger partial charge is 0.483 e. The molecule has 1 aliphatic rings. The molecule has 0 spiro atoms. The van der Waals surface area contributed by atoms with Crippen LogP contribution in [0.2, 0.25) is 0 Å². The third kappa shape index (κ3) is 2.97. The van der Waals surface area contributed by atoms with Gasteiger partial charge < -0.3 is 10.3 Å². The average molecular weight is 189 g/mol. The zero-order valence-electron chi connectivity index (χ0n) is 8.74. The van der Waals surface area contributed by atoms with E-state index < -0.39 is 0 Å². The van der Waals surface area contributed by atoms with Gasteiger partial charge in [-0.1, -0.05) is 0 Å². The second-order valence-corrected chi connectivity index (χ2v) is 4.54. The molecule has 2 N–H and O–H groups in total. The van der Waals surface area contributed by atoms with Gasteiger partial charge in [0, 0.05) is 11.1 Å². The number of rotatable bonds is 0. The Hall–Kier alpha value is -0.610. The highest BCUT2D eigenvalue weighted by Crippen LogP contribution is 2.38.